The average molecular weight is 312 g/mol. The average Bonchev–Trinajstić information content (AvgIpc) is 3.00. The van der Waals surface area contributed by atoms with Crippen LogP contribution < -0.4 is 10.5 Å². The Balaban J connectivity index is 1.86. The summed E-state index contributed by atoms with van der Waals surface area (Å²) >= 11 is 0. The largest absolute Gasteiger partial charge is 0.378 e. The van der Waals surface area contributed by atoms with Gasteiger partial charge >= 0.3 is 0 Å². The quantitative estimate of drug-likeness (QED) is 0.747. The van der Waals surface area contributed by atoms with Crippen LogP contribution in [-0.4, -0.2) is 50.8 Å². The predicted molar refractivity (Wildman–Crippen MR) is 85.0 cm³/mol. The fourth-order valence-corrected chi connectivity index (χ4v) is 2.64. The third kappa shape index (κ3) is 2.46. The first-order valence-corrected chi connectivity index (χ1v) is 7.45. The third-order valence-electron chi connectivity index (χ3n) is 3.85. The molecule has 4 rings (SSSR count). The van der Waals surface area contributed by atoms with Gasteiger partial charge in [0.2, 0.25) is 5.95 Å². The number of H-pyrrole nitrogens is 1. The van der Waals surface area contributed by atoms with Crippen molar-refractivity contribution in [3.8, 4) is 5.82 Å². The first kappa shape index (κ1) is 13.9. The van der Waals surface area contributed by atoms with E-state index < -0.39 is 0 Å². The number of aryl methyl sites for hydroxylation is 1. The van der Waals surface area contributed by atoms with Gasteiger partial charge in [0.15, 0.2) is 11.2 Å². The lowest BCUT2D eigenvalue weighted by Gasteiger charge is -2.27. The molecule has 3 aromatic heterocycles. The summed E-state index contributed by atoms with van der Waals surface area (Å²) in [7, 11) is 0. The van der Waals surface area contributed by atoms with Crippen molar-refractivity contribution in [1.29, 1.82) is 0 Å². The molecule has 4 heterocycles. The second-order valence-corrected chi connectivity index (χ2v) is 5.47. The maximum absolute atomic E-state index is 12.3. The molecule has 0 amide bonds. The van der Waals surface area contributed by atoms with Crippen LogP contribution >= 0.6 is 0 Å². The minimum Gasteiger partial charge on any atom is -0.378 e. The van der Waals surface area contributed by atoms with Gasteiger partial charge in [0.1, 0.15) is 12.1 Å². The molecule has 3 aromatic rings. The van der Waals surface area contributed by atoms with E-state index in [1.807, 2.05) is 24.0 Å². The molecule has 1 N–H and O–H groups in total. The Hall–Kier alpha value is -2.74. The highest BCUT2D eigenvalue weighted by molar-refractivity contribution is 5.72. The predicted octanol–water partition coefficient (Wildman–Crippen LogP) is 0.649. The maximum Gasteiger partial charge on any atom is 0.280 e. The van der Waals surface area contributed by atoms with Gasteiger partial charge in [-0.1, -0.05) is 0 Å². The van der Waals surface area contributed by atoms with Crippen molar-refractivity contribution in [3.05, 3.63) is 40.6 Å². The van der Waals surface area contributed by atoms with E-state index >= 15 is 0 Å². The number of hydrogen-bond acceptors (Lipinski definition) is 6. The van der Waals surface area contributed by atoms with E-state index in [9.17, 15) is 4.79 Å². The Morgan fingerprint density at radius 2 is 2.09 bits per heavy atom. The van der Waals surface area contributed by atoms with Crippen LogP contribution in [0.5, 0.6) is 0 Å². The number of rotatable bonds is 2. The number of pyridine rings is 1. The highest BCUT2D eigenvalue weighted by Gasteiger charge is 2.17. The van der Waals surface area contributed by atoms with Crippen molar-refractivity contribution in [2.75, 3.05) is 31.2 Å². The second-order valence-electron chi connectivity index (χ2n) is 5.47. The molecule has 23 heavy (non-hydrogen) atoms. The molecule has 118 valence electrons. The summed E-state index contributed by atoms with van der Waals surface area (Å²) < 4.78 is 7.08. The number of nitrogens with one attached hydrogen (secondary N) is 1. The van der Waals surface area contributed by atoms with E-state index in [4.69, 9.17) is 4.74 Å². The van der Waals surface area contributed by atoms with Crippen LogP contribution in [-0.2, 0) is 4.74 Å². The van der Waals surface area contributed by atoms with Gasteiger partial charge in [0, 0.05) is 19.3 Å². The van der Waals surface area contributed by atoms with Crippen molar-refractivity contribution in [2.24, 2.45) is 0 Å². The number of anilines is 1. The third-order valence-corrected chi connectivity index (χ3v) is 3.85. The number of morpholine rings is 1. The van der Waals surface area contributed by atoms with Gasteiger partial charge in [-0.15, -0.1) is 0 Å². The minimum absolute atomic E-state index is 0.247. The van der Waals surface area contributed by atoms with Gasteiger partial charge in [-0.2, -0.15) is 4.98 Å². The standard InChI is InChI=1S/C15H16N6O2/c1-10-2-3-16-11(8-10)21-9-17-12-13(21)18-15(19-14(12)22)20-4-6-23-7-5-20/h2-3,8-9H,4-7H2,1H3,(H,18,19,22). The zero-order valence-corrected chi connectivity index (χ0v) is 12.7. The number of imidazole rings is 1. The van der Waals surface area contributed by atoms with Gasteiger partial charge in [0.25, 0.3) is 5.56 Å². The highest BCUT2D eigenvalue weighted by Crippen LogP contribution is 2.16. The number of aromatic amines is 1. The first-order valence-electron chi connectivity index (χ1n) is 7.45. The van der Waals surface area contributed by atoms with Crippen LogP contribution in [0.1, 0.15) is 5.56 Å². The van der Waals surface area contributed by atoms with Crippen LogP contribution in [0.3, 0.4) is 0 Å². The fourth-order valence-electron chi connectivity index (χ4n) is 2.64. The number of aromatic nitrogens is 5. The summed E-state index contributed by atoms with van der Waals surface area (Å²) in [5.74, 6) is 1.23. The molecule has 0 radical (unpaired) electrons. The van der Waals surface area contributed by atoms with Crippen LogP contribution in [0.15, 0.2) is 29.5 Å². The zero-order valence-electron chi connectivity index (χ0n) is 12.7. The Morgan fingerprint density at radius 3 is 2.87 bits per heavy atom. The lowest BCUT2D eigenvalue weighted by Crippen LogP contribution is -2.38. The zero-order chi connectivity index (χ0) is 15.8. The van der Waals surface area contributed by atoms with E-state index in [0.29, 0.717) is 49.2 Å². The molecule has 0 saturated carbocycles. The summed E-state index contributed by atoms with van der Waals surface area (Å²) in [4.78, 5) is 30.2. The van der Waals surface area contributed by atoms with E-state index in [2.05, 4.69) is 19.9 Å². The number of nitrogens with zero attached hydrogens (tertiary/aromatic N) is 5. The molecule has 0 bridgehead atoms. The van der Waals surface area contributed by atoms with Gasteiger partial charge < -0.3 is 9.64 Å². The van der Waals surface area contributed by atoms with Crippen molar-refractivity contribution >= 4 is 17.1 Å². The Labute approximate surface area is 131 Å². The lowest BCUT2D eigenvalue weighted by molar-refractivity contribution is 0.122. The second kappa shape index (κ2) is 5.47. The molecule has 0 aliphatic carbocycles. The summed E-state index contributed by atoms with van der Waals surface area (Å²) in [5.41, 5.74) is 1.65. The smallest absolute Gasteiger partial charge is 0.280 e. The van der Waals surface area contributed by atoms with Crippen LogP contribution in [0, 0.1) is 6.92 Å². The Morgan fingerprint density at radius 1 is 1.26 bits per heavy atom. The summed E-state index contributed by atoms with van der Waals surface area (Å²) in [6, 6.07) is 3.85. The highest BCUT2D eigenvalue weighted by atomic mass is 16.5. The van der Waals surface area contributed by atoms with Crippen LogP contribution in [0.2, 0.25) is 0 Å². The molecule has 1 fully saturated rings. The summed E-state index contributed by atoms with van der Waals surface area (Å²) in [6.07, 6.45) is 3.31. The fraction of sp³-hybridized carbons (Fsp3) is 0.333. The van der Waals surface area contributed by atoms with E-state index in [1.165, 1.54) is 0 Å². The number of fused-ring (bicyclic) bond motifs is 1. The molecular formula is C15H16N6O2. The Bertz CT molecular complexity index is 910. The van der Waals surface area contributed by atoms with Crippen LogP contribution in [0.25, 0.3) is 17.0 Å². The molecule has 8 heteroatoms. The van der Waals surface area contributed by atoms with Crippen molar-refractivity contribution in [2.45, 2.75) is 6.92 Å². The molecule has 1 aliphatic heterocycles. The molecule has 0 aromatic carbocycles. The lowest BCUT2D eigenvalue weighted by atomic mass is 10.3. The molecule has 0 atom stereocenters. The maximum atomic E-state index is 12.3. The topological polar surface area (TPSA) is 88.9 Å². The van der Waals surface area contributed by atoms with Gasteiger partial charge in [-0.25, -0.2) is 9.97 Å². The summed E-state index contributed by atoms with van der Waals surface area (Å²) in [5, 5.41) is 0. The normalized spacial score (nSPS) is 15.3. The van der Waals surface area contributed by atoms with E-state index in [-0.39, 0.29) is 5.56 Å². The van der Waals surface area contributed by atoms with Gasteiger partial charge in [-0.3, -0.25) is 14.3 Å². The molecule has 0 unspecified atom stereocenters. The Kier molecular flexibility index (Phi) is 3.30. The molecular weight excluding hydrogens is 296 g/mol. The molecule has 8 nitrogen and oxygen atoms in total. The van der Waals surface area contributed by atoms with Gasteiger partial charge in [-0.05, 0) is 24.6 Å². The van der Waals surface area contributed by atoms with E-state index in [0.717, 1.165) is 5.56 Å². The van der Waals surface area contributed by atoms with Gasteiger partial charge in [0.05, 0.1) is 13.2 Å². The minimum atomic E-state index is -0.247. The number of ether oxygens (including phenoxy) is 1. The number of hydrogen-bond donors (Lipinski definition) is 1. The SMILES string of the molecule is Cc1ccnc(-n2cnc3c(=O)[nH]c(N4CCOCC4)nc32)c1. The first-order chi connectivity index (χ1) is 11.2. The molecule has 1 saturated heterocycles. The van der Waals surface area contributed by atoms with Crippen molar-refractivity contribution in [1.82, 2.24) is 24.5 Å². The van der Waals surface area contributed by atoms with Crippen molar-refractivity contribution in [3.63, 3.8) is 0 Å². The molecule has 1 aliphatic rings. The van der Waals surface area contributed by atoms with Crippen LogP contribution in [0.4, 0.5) is 5.95 Å². The summed E-state index contributed by atoms with van der Waals surface area (Å²) in [6.45, 7) is 4.64. The monoisotopic (exact) mass is 312 g/mol. The van der Waals surface area contributed by atoms with E-state index in [1.54, 1.807) is 17.1 Å². The molecule has 0 spiro atoms. The van der Waals surface area contributed by atoms with Crippen molar-refractivity contribution < 1.29 is 4.74 Å².